The van der Waals surface area contributed by atoms with Crippen LogP contribution in [-0.4, -0.2) is 17.4 Å². The normalized spacial score (nSPS) is 11.0. The molecule has 0 saturated heterocycles. The van der Waals surface area contributed by atoms with Gasteiger partial charge in [0.1, 0.15) is 0 Å². The largest absolute Gasteiger partial charge is 0.237 e. The summed E-state index contributed by atoms with van der Waals surface area (Å²) in [6, 6.07) is 0. The lowest BCUT2D eigenvalue weighted by molar-refractivity contribution is 0.547. The summed E-state index contributed by atoms with van der Waals surface area (Å²) in [6.07, 6.45) is 3.88. The average Bonchev–Trinajstić information content (AvgIpc) is 2.01. The van der Waals surface area contributed by atoms with Gasteiger partial charge in [-0.1, -0.05) is 13.3 Å². The number of nitrogens with zero attached hydrogens (tertiary/aromatic N) is 2. The molecule has 0 fully saturated rings. The van der Waals surface area contributed by atoms with E-state index in [0.29, 0.717) is 0 Å². The number of isocyanates is 1. The second-order valence-electron chi connectivity index (χ2n) is 2.06. The van der Waals surface area contributed by atoms with Gasteiger partial charge < -0.3 is 0 Å². The van der Waals surface area contributed by atoms with Gasteiger partial charge in [0.2, 0.25) is 6.08 Å². The highest BCUT2D eigenvalue weighted by Gasteiger charge is 2.00. The first-order valence-corrected chi connectivity index (χ1v) is 3.90. The molecule has 4 heteroatoms. The molecule has 0 N–H and O–H groups in total. The molecule has 0 heterocycles. The van der Waals surface area contributed by atoms with E-state index in [9.17, 15) is 4.79 Å². The highest BCUT2D eigenvalue weighted by atomic mass is 32.1. The van der Waals surface area contributed by atoms with Crippen LogP contribution in [0.5, 0.6) is 0 Å². The highest BCUT2D eigenvalue weighted by molar-refractivity contribution is 7.78. The van der Waals surface area contributed by atoms with Crippen LogP contribution in [-0.2, 0) is 4.79 Å². The van der Waals surface area contributed by atoms with Crippen molar-refractivity contribution in [1.82, 2.24) is 0 Å². The van der Waals surface area contributed by atoms with Gasteiger partial charge in [-0.05, 0) is 25.1 Å². The Kier molecular flexibility index (Phi) is 6.75. The number of aliphatic imine (C=N–C) groups is 2. The Morgan fingerprint density at radius 3 is 2.73 bits per heavy atom. The number of rotatable bonds is 5. The molecule has 1 unspecified atom stereocenters. The van der Waals surface area contributed by atoms with E-state index >= 15 is 0 Å². The molecule has 60 valence electrons. The third-order valence-corrected chi connectivity index (χ3v) is 1.32. The summed E-state index contributed by atoms with van der Waals surface area (Å²) in [5.74, 6) is 0. The molecule has 0 aromatic rings. The van der Waals surface area contributed by atoms with Gasteiger partial charge in [-0.15, -0.1) is 0 Å². The molecule has 0 aliphatic heterocycles. The maximum Gasteiger partial charge on any atom is 0.237 e. The SMILES string of the molecule is CCCCC(N=C=O)N=C=S. The average molecular weight is 170 g/mol. The van der Waals surface area contributed by atoms with Crippen LogP contribution in [0.4, 0.5) is 0 Å². The third kappa shape index (κ3) is 5.62. The van der Waals surface area contributed by atoms with Crippen molar-refractivity contribution in [3.63, 3.8) is 0 Å². The van der Waals surface area contributed by atoms with Crippen molar-refractivity contribution in [1.29, 1.82) is 0 Å². The summed E-state index contributed by atoms with van der Waals surface area (Å²) in [5, 5.41) is 2.20. The second kappa shape index (κ2) is 7.29. The van der Waals surface area contributed by atoms with Crippen molar-refractivity contribution >= 4 is 23.5 Å². The van der Waals surface area contributed by atoms with Gasteiger partial charge in [0.05, 0.1) is 5.16 Å². The second-order valence-corrected chi connectivity index (χ2v) is 2.25. The zero-order valence-corrected chi connectivity index (χ0v) is 7.23. The fourth-order valence-corrected chi connectivity index (χ4v) is 0.788. The van der Waals surface area contributed by atoms with Crippen LogP contribution in [0.1, 0.15) is 26.2 Å². The first kappa shape index (κ1) is 10.2. The van der Waals surface area contributed by atoms with Crippen molar-refractivity contribution < 1.29 is 4.79 Å². The molecule has 0 spiro atoms. The van der Waals surface area contributed by atoms with E-state index in [-0.39, 0.29) is 6.17 Å². The van der Waals surface area contributed by atoms with E-state index in [0.717, 1.165) is 19.3 Å². The monoisotopic (exact) mass is 170 g/mol. The van der Waals surface area contributed by atoms with Crippen LogP contribution in [0.3, 0.4) is 0 Å². The Balaban J connectivity index is 3.88. The van der Waals surface area contributed by atoms with E-state index < -0.39 is 0 Å². The maximum absolute atomic E-state index is 9.84. The predicted molar refractivity (Wildman–Crippen MR) is 46.5 cm³/mol. The van der Waals surface area contributed by atoms with Crippen LogP contribution in [0.2, 0.25) is 0 Å². The summed E-state index contributed by atoms with van der Waals surface area (Å²) < 4.78 is 0. The molecular weight excluding hydrogens is 160 g/mol. The first-order chi connectivity index (χ1) is 5.35. The summed E-state index contributed by atoms with van der Waals surface area (Å²) in [7, 11) is 0. The molecule has 0 saturated carbocycles. The van der Waals surface area contributed by atoms with E-state index in [1.54, 1.807) is 0 Å². The lowest BCUT2D eigenvalue weighted by Gasteiger charge is -1.99. The van der Waals surface area contributed by atoms with Gasteiger partial charge in [-0.25, -0.2) is 9.79 Å². The highest BCUT2D eigenvalue weighted by Crippen LogP contribution is 2.04. The number of carbonyl (C=O) groups excluding carboxylic acids is 1. The smallest absolute Gasteiger partial charge is 0.211 e. The molecule has 0 aromatic carbocycles. The molecule has 11 heavy (non-hydrogen) atoms. The van der Waals surface area contributed by atoms with Crippen molar-refractivity contribution in [2.24, 2.45) is 9.98 Å². The number of unbranched alkanes of at least 4 members (excludes halogenated alkanes) is 1. The quantitative estimate of drug-likeness (QED) is 0.359. The number of thiocarbonyl (C=S) groups is 1. The van der Waals surface area contributed by atoms with Crippen LogP contribution < -0.4 is 0 Å². The minimum atomic E-state index is -0.357. The Morgan fingerprint density at radius 1 is 1.55 bits per heavy atom. The van der Waals surface area contributed by atoms with Crippen molar-refractivity contribution in [3.8, 4) is 0 Å². The topological polar surface area (TPSA) is 41.8 Å². The number of hydrogen-bond donors (Lipinski definition) is 0. The molecular formula is C7H10N2OS. The fraction of sp³-hybridized carbons (Fsp3) is 0.714. The minimum absolute atomic E-state index is 0.357. The van der Waals surface area contributed by atoms with Gasteiger partial charge in [0, 0.05) is 0 Å². The third-order valence-electron chi connectivity index (χ3n) is 1.22. The lowest BCUT2D eigenvalue weighted by atomic mass is 10.2. The Morgan fingerprint density at radius 2 is 2.27 bits per heavy atom. The molecule has 0 aliphatic rings. The number of hydrogen-bond acceptors (Lipinski definition) is 4. The number of isothiocyanates is 1. The van der Waals surface area contributed by atoms with Crippen LogP contribution >= 0.6 is 12.2 Å². The molecule has 0 bridgehead atoms. The van der Waals surface area contributed by atoms with Crippen LogP contribution in [0, 0.1) is 0 Å². The van der Waals surface area contributed by atoms with Gasteiger partial charge in [0.25, 0.3) is 0 Å². The van der Waals surface area contributed by atoms with E-state index in [4.69, 9.17) is 0 Å². The molecule has 1 atom stereocenters. The predicted octanol–water partition coefficient (Wildman–Crippen LogP) is 1.94. The van der Waals surface area contributed by atoms with Crippen molar-refractivity contribution in [3.05, 3.63) is 0 Å². The van der Waals surface area contributed by atoms with E-state index in [2.05, 4.69) is 34.3 Å². The molecule has 0 amide bonds. The molecule has 0 aromatic heterocycles. The van der Waals surface area contributed by atoms with Crippen LogP contribution in [0.15, 0.2) is 9.98 Å². The maximum atomic E-state index is 9.84. The lowest BCUT2D eigenvalue weighted by Crippen LogP contribution is -1.98. The van der Waals surface area contributed by atoms with Gasteiger partial charge >= 0.3 is 0 Å². The van der Waals surface area contributed by atoms with E-state index in [1.165, 1.54) is 6.08 Å². The van der Waals surface area contributed by atoms with E-state index in [1.807, 2.05) is 0 Å². The van der Waals surface area contributed by atoms with Crippen LogP contribution in [0.25, 0.3) is 0 Å². The first-order valence-electron chi connectivity index (χ1n) is 3.49. The molecule has 0 aliphatic carbocycles. The standard InChI is InChI=1S/C7H10N2OS/c1-2-3-4-7(8-5-10)9-6-11/h7H,2-4H2,1H3. The molecule has 3 nitrogen and oxygen atoms in total. The Hall–Kier alpha value is -0.820. The summed E-state index contributed by atoms with van der Waals surface area (Å²) in [4.78, 5) is 17.0. The van der Waals surface area contributed by atoms with Gasteiger partial charge in [0.15, 0.2) is 6.17 Å². The summed E-state index contributed by atoms with van der Waals surface area (Å²) in [5.41, 5.74) is 0. The van der Waals surface area contributed by atoms with Crippen molar-refractivity contribution in [2.75, 3.05) is 0 Å². The minimum Gasteiger partial charge on any atom is -0.211 e. The fourth-order valence-electron chi connectivity index (χ4n) is 0.666. The Bertz CT molecular complexity index is 175. The summed E-state index contributed by atoms with van der Waals surface area (Å²) in [6.45, 7) is 2.06. The molecule has 0 rings (SSSR count). The summed E-state index contributed by atoms with van der Waals surface area (Å²) >= 11 is 4.39. The zero-order valence-electron chi connectivity index (χ0n) is 6.41. The zero-order chi connectivity index (χ0) is 8.53. The van der Waals surface area contributed by atoms with Crippen molar-refractivity contribution in [2.45, 2.75) is 32.4 Å². The Labute approximate surface area is 71.2 Å². The van der Waals surface area contributed by atoms with Gasteiger partial charge in [-0.3, -0.25) is 0 Å². The molecule has 0 radical (unpaired) electrons. The van der Waals surface area contributed by atoms with Gasteiger partial charge in [-0.2, -0.15) is 4.99 Å².